The maximum absolute atomic E-state index is 2.49. The van der Waals surface area contributed by atoms with Crippen LogP contribution in [-0.2, 0) is 5.41 Å². The van der Waals surface area contributed by atoms with Gasteiger partial charge in [-0.15, -0.1) is 11.3 Å². The second-order valence-electron chi connectivity index (χ2n) is 14.8. The number of hydrogen-bond donors (Lipinski definition) is 0. The molecular formula is C53H33NS. The van der Waals surface area contributed by atoms with E-state index in [0.29, 0.717) is 0 Å². The van der Waals surface area contributed by atoms with Crippen molar-refractivity contribution in [3.8, 4) is 33.4 Å². The van der Waals surface area contributed by atoms with Gasteiger partial charge < -0.3 is 4.90 Å². The Morgan fingerprint density at radius 3 is 1.78 bits per heavy atom. The normalized spacial score (nSPS) is 15.0. The van der Waals surface area contributed by atoms with E-state index in [1.165, 1.54) is 92.3 Å². The van der Waals surface area contributed by atoms with Crippen LogP contribution in [0.2, 0.25) is 0 Å². The Balaban J connectivity index is 1.04. The molecule has 0 saturated carbocycles. The summed E-state index contributed by atoms with van der Waals surface area (Å²) < 4.78 is 1.35. The van der Waals surface area contributed by atoms with Crippen molar-refractivity contribution >= 4 is 60.0 Å². The van der Waals surface area contributed by atoms with Crippen LogP contribution in [0.15, 0.2) is 200 Å². The Labute approximate surface area is 324 Å². The Hall–Kier alpha value is -6.74. The molecule has 1 spiro atoms. The molecule has 0 N–H and O–H groups in total. The fraction of sp³-hybridized carbons (Fsp3) is 0.0189. The van der Waals surface area contributed by atoms with Crippen LogP contribution in [-0.4, -0.2) is 0 Å². The van der Waals surface area contributed by atoms with Crippen LogP contribution in [0.25, 0.3) is 65.0 Å². The second kappa shape index (κ2) is 11.6. The minimum absolute atomic E-state index is 0.362. The number of rotatable bonds is 4. The molecule has 1 heterocycles. The van der Waals surface area contributed by atoms with Crippen molar-refractivity contribution in [1.82, 2.24) is 0 Å². The van der Waals surface area contributed by atoms with E-state index in [-0.39, 0.29) is 5.41 Å². The van der Waals surface area contributed by atoms with Crippen LogP contribution in [0.3, 0.4) is 0 Å². The van der Waals surface area contributed by atoms with Gasteiger partial charge in [-0.3, -0.25) is 0 Å². The summed E-state index contributed by atoms with van der Waals surface area (Å²) >= 11 is 1.96. The third-order valence-corrected chi connectivity index (χ3v) is 13.3. The van der Waals surface area contributed by atoms with Crippen molar-refractivity contribution in [3.05, 3.63) is 222 Å². The predicted molar refractivity (Wildman–Crippen MR) is 233 cm³/mol. The third kappa shape index (κ3) is 4.23. The lowest BCUT2D eigenvalue weighted by atomic mass is 9.73. The Bertz CT molecular complexity index is 3160. The number of thiophene rings is 1. The first-order valence-electron chi connectivity index (χ1n) is 19.0. The van der Waals surface area contributed by atoms with Gasteiger partial charge in [0.2, 0.25) is 0 Å². The maximum Gasteiger partial charge on any atom is 0.0819 e. The molecule has 1 atom stereocenters. The molecule has 1 aromatic heterocycles. The molecule has 0 radical (unpaired) electrons. The minimum Gasteiger partial charge on any atom is -0.310 e. The van der Waals surface area contributed by atoms with Crippen LogP contribution in [0.5, 0.6) is 0 Å². The van der Waals surface area contributed by atoms with Crippen molar-refractivity contribution in [3.63, 3.8) is 0 Å². The highest BCUT2D eigenvalue weighted by Crippen LogP contribution is 2.66. The number of anilines is 3. The SMILES string of the molecule is c1ccc(N(c2ccc(-c3ccc4c(c3)C3(c5ccccc5-4)c4ccccc4-c4c3sc3ccccc43)cc2)c2cc3ccccc3c3ccccc23)cc1. The lowest BCUT2D eigenvalue weighted by molar-refractivity contribution is 0.812. The van der Waals surface area contributed by atoms with E-state index in [1.807, 2.05) is 11.3 Å². The van der Waals surface area contributed by atoms with Gasteiger partial charge >= 0.3 is 0 Å². The van der Waals surface area contributed by atoms with E-state index in [9.17, 15) is 0 Å². The molecule has 256 valence electrons. The summed E-state index contributed by atoms with van der Waals surface area (Å²) in [7, 11) is 0. The number of benzene rings is 9. The highest BCUT2D eigenvalue weighted by atomic mass is 32.1. The standard InChI is InChI=1S/C53H33NS/c1-2-15-37(16-3-1)54(49-33-36-14-4-5-17-39(36)40-18-6-7-20-43(40)49)38-29-26-34(27-30-38)35-28-31-42-41-19-8-11-23-46(41)53(48(42)32-35)47-24-12-9-21-44(47)51-45-22-10-13-25-50(45)55-52(51)53/h1-33H. The summed E-state index contributed by atoms with van der Waals surface area (Å²) in [6.07, 6.45) is 0. The van der Waals surface area contributed by atoms with Gasteiger partial charge in [0.25, 0.3) is 0 Å². The van der Waals surface area contributed by atoms with Crippen LogP contribution >= 0.6 is 11.3 Å². The zero-order valence-corrected chi connectivity index (χ0v) is 30.7. The first-order valence-corrected chi connectivity index (χ1v) is 19.8. The van der Waals surface area contributed by atoms with Crippen molar-refractivity contribution in [2.24, 2.45) is 0 Å². The fourth-order valence-electron chi connectivity index (χ4n) is 9.75. The summed E-state index contributed by atoms with van der Waals surface area (Å²) in [5.74, 6) is 0. The fourth-order valence-corrected chi connectivity index (χ4v) is 11.2. The molecule has 1 nitrogen and oxygen atoms in total. The molecule has 0 amide bonds. The number of nitrogens with zero attached hydrogens (tertiary/aromatic N) is 1. The molecule has 2 heteroatoms. The quantitative estimate of drug-likeness (QED) is 0.164. The second-order valence-corrected chi connectivity index (χ2v) is 15.8. The molecule has 0 aliphatic heterocycles. The van der Waals surface area contributed by atoms with Gasteiger partial charge in [-0.05, 0) is 103 Å². The van der Waals surface area contributed by atoms with Crippen molar-refractivity contribution in [2.45, 2.75) is 5.41 Å². The molecule has 2 aliphatic carbocycles. The van der Waals surface area contributed by atoms with E-state index in [1.54, 1.807) is 0 Å². The summed E-state index contributed by atoms with van der Waals surface area (Å²) in [5, 5.41) is 6.35. The molecule has 55 heavy (non-hydrogen) atoms. The molecule has 0 saturated heterocycles. The van der Waals surface area contributed by atoms with Crippen LogP contribution < -0.4 is 4.90 Å². The lowest BCUT2D eigenvalue weighted by Crippen LogP contribution is -2.24. The van der Waals surface area contributed by atoms with Crippen molar-refractivity contribution in [1.29, 1.82) is 0 Å². The molecule has 12 rings (SSSR count). The number of para-hydroxylation sites is 1. The lowest BCUT2D eigenvalue weighted by Gasteiger charge is -2.29. The first-order chi connectivity index (χ1) is 27.3. The van der Waals surface area contributed by atoms with Gasteiger partial charge in [-0.2, -0.15) is 0 Å². The average Bonchev–Trinajstić information content (AvgIpc) is 3.88. The minimum atomic E-state index is -0.362. The largest absolute Gasteiger partial charge is 0.310 e. The van der Waals surface area contributed by atoms with Gasteiger partial charge in [0.05, 0.1) is 11.1 Å². The van der Waals surface area contributed by atoms with E-state index in [2.05, 4.69) is 205 Å². The molecule has 0 bridgehead atoms. The molecule has 9 aromatic carbocycles. The Morgan fingerprint density at radius 1 is 0.382 bits per heavy atom. The van der Waals surface area contributed by atoms with Gasteiger partial charge in [-0.1, -0.05) is 158 Å². The zero-order valence-electron chi connectivity index (χ0n) is 29.9. The Kier molecular flexibility index (Phi) is 6.49. The monoisotopic (exact) mass is 715 g/mol. The van der Waals surface area contributed by atoms with Crippen LogP contribution in [0.4, 0.5) is 17.1 Å². The molecule has 1 unspecified atom stereocenters. The van der Waals surface area contributed by atoms with E-state index in [0.717, 1.165) is 11.4 Å². The van der Waals surface area contributed by atoms with Gasteiger partial charge in [0.15, 0.2) is 0 Å². The molecular weight excluding hydrogens is 683 g/mol. The van der Waals surface area contributed by atoms with Gasteiger partial charge in [0.1, 0.15) is 0 Å². The molecule has 0 fully saturated rings. The van der Waals surface area contributed by atoms with Crippen molar-refractivity contribution < 1.29 is 0 Å². The summed E-state index contributed by atoms with van der Waals surface area (Å²) in [5.41, 5.74) is 15.1. The average molecular weight is 716 g/mol. The molecule has 10 aromatic rings. The third-order valence-electron chi connectivity index (χ3n) is 12.0. The summed E-state index contributed by atoms with van der Waals surface area (Å²) in [4.78, 5) is 3.85. The van der Waals surface area contributed by atoms with Gasteiger partial charge in [-0.25, -0.2) is 0 Å². The number of hydrogen-bond acceptors (Lipinski definition) is 2. The maximum atomic E-state index is 2.49. The van der Waals surface area contributed by atoms with E-state index < -0.39 is 0 Å². The predicted octanol–water partition coefficient (Wildman–Crippen LogP) is 14.7. The van der Waals surface area contributed by atoms with Crippen LogP contribution in [0, 0.1) is 0 Å². The molecule has 2 aliphatic rings. The Morgan fingerprint density at radius 2 is 0.964 bits per heavy atom. The summed E-state index contributed by atoms with van der Waals surface area (Å²) in [6.45, 7) is 0. The highest BCUT2D eigenvalue weighted by Gasteiger charge is 2.53. The van der Waals surface area contributed by atoms with E-state index >= 15 is 0 Å². The van der Waals surface area contributed by atoms with Crippen LogP contribution in [0.1, 0.15) is 21.6 Å². The number of fused-ring (bicyclic) bond motifs is 15. The van der Waals surface area contributed by atoms with E-state index in [4.69, 9.17) is 0 Å². The van der Waals surface area contributed by atoms with Crippen molar-refractivity contribution in [2.75, 3.05) is 4.90 Å². The highest BCUT2D eigenvalue weighted by molar-refractivity contribution is 7.20. The smallest absolute Gasteiger partial charge is 0.0819 e. The zero-order chi connectivity index (χ0) is 36.1. The topological polar surface area (TPSA) is 3.24 Å². The summed E-state index contributed by atoms with van der Waals surface area (Å²) in [6, 6.07) is 74.2. The first kappa shape index (κ1) is 30.7. The van der Waals surface area contributed by atoms with Gasteiger partial charge in [0, 0.05) is 37.3 Å².